The van der Waals surface area contributed by atoms with Crippen molar-refractivity contribution in [1.82, 2.24) is 4.57 Å². The first kappa shape index (κ1) is 30.0. The topological polar surface area (TPSA) is 106 Å². The van der Waals surface area contributed by atoms with Crippen LogP contribution in [0, 0.1) is 0 Å². The molecule has 0 bridgehead atoms. The van der Waals surface area contributed by atoms with Gasteiger partial charge in [-0.3, -0.25) is 4.99 Å². The quantitative estimate of drug-likeness (QED) is 0.169. The summed E-state index contributed by atoms with van der Waals surface area (Å²) in [6, 6.07) is 23.0. The van der Waals surface area contributed by atoms with Crippen LogP contribution in [0.25, 0.3) is 11.1 Å². The van der Waals surface area contributed by atoms with Crippen molar-refractivity contribution in [3.63, 3.8) is 0 Å². The Bertz CT molecular complexity index is 1620. The molecule has 1 fully saturated rings. The summed E-state index contributed by atoms with van der Waals surface area (Å²) < 4.78 is 13.6. The van der Waals surface area contributed by atoms with Gasteiger partial charge >= 0.3 is 5.97 Å². The molecule has 0 radical (unpaired) electrons. The predicted octanol–water partition coefficient (Wildman–Crippen LogP) is 6.63. The zero-order valence-corrected chi connectivity index (χ0v) is 24.5. The molecule has 3 aromatic carbocycles. The Morgan fingerprint density at radius 1 is 0.976 bits per heavy atom. The van der Waals surface area contributed by atoms with E-state index in [1.807, 2.05) is 42.5 Å². The van der Waals surface area contributed by atoms with Gasteiger partial charge in [0.25, 0.3) is 0 Å². The maximum absolute atomic E-state index is 13.4. The molecule has 5 atom stereocenters. The number of aliphatic imine (C=N–C) groups is 2. The Morgan fingerprint density at radius 2 is 1.67 bits per heavy atom. The van der Waals surface area contributed by atoms with Crippen LogP contribution in [-0.2, 0) is 9.47 Å². The Kier molecular flexibility index (Phi) is 9.13. The number of nitrogens with zero attached hydrogens (tertiary/aromatic N) is 3. The summed E-state index contributed by atoms with van der Waals surface area (Å²) in [6.07, 6.45) is -4.80. The van der Waals surface area contributed by atoms with Crippen LogP contribution in [0.15, 0.2) is 95.0 Å². The molecule has 0 aliphatic carbocycles. The third-order valence-corrected chi connectivity index (χ3v) is 8.15. The lowest BCUT2D eigenvalue weighted by Gasteiger charge is -2.26. The van der Waals surface area contributed by atoms with E-state index in [2.05, 4.69) is 16.7 Å². The highest BCUT2D eigenvalue weighted by molar-refractivity contribution is 6.70. The lowest BCUT2D eigenvalue weighted by Crippen LogP contribution is -2.36. The summed E-state index contributed by atoms with van der Waals surface area (Å²) >= 11 is 18.7. The Balaban J connectivity index is 1.46. The van der Waals surface area contributed by atoms with Gasteiger partial charge < -0.3 is 24.3 Å². The van der Waals surface area contributed by atoms with E-state index in [4.69, 9.17) is 44.3 Å². The van der Waals surface area contributed by atoms with Gasteiger partial charge in [0.05, 0.1) is 21.2 Å². The number of halogens is 3. The number of hydrogen-bond acceptors (Lipinski definition) is 7. The summed E-state index contributed by atoms with van der Waals surface area (Å²) in [5, 5.41) is 23.0. The van der Waals surface area contributed by atoms with E-state index in [9.17, 15) is 15.0 Å². The van der Waals surface area contributed by atoms with E-state index in [1.165, 1.54) is 17.7 Å². The molecule has 4 aromatic rings. The van der Waals surface area contributed by atoms with Crippen LogP contribution in [0.1, 0.15) is 33.8 Å². The lowest BCUT2D eigenvalue weighted by molar-refractivity contribution is -0.0920. The summed E-state index contributed by atoms with van der Waals surface area (Å²) in [4.78, 5) is 21.4. The molecule has 42 heavy (non-hydrogen) atoms. The molecule has 5 rings (SSSR count). The van der Waals surface area contributed by atoms with Crippen molar-refractivity contribution < 1.29 is 24.5 Å². The standard InChI is InChI=1S/C31H26Cl3N3O5/c1-35-28(34)21-14-15-37(29(21)36-2)30-25(39)24(38)27(41-30)26(20-12-13-22(32)23(33)16-20)42-31(40)19-10-8-18(9-11-19)17-6-4-3-5-7-17/h3-16,24-27,30,38-39H,2H2,1H3/b35-28+/t24-,25+,26+,27-,30+/m0/s1. The van der Waals surface area contributed by atoms with Gasteiger partial charge in [-0.1, -0.05) is 83.3 Å². The van der Waals surface area contributed by atoms with Crippen LogP contribution >= 0.6 is 34.8 Å². The molecule has 1 saturated heterocycles. The number of ether oxygens (including phenoxy) is 2. The first-order chi connectivity index (χ1) is 20.2. The van der Waals surface area contributed by atoms with Gasteiger partial charge in [0.1, 0.15) is 29.3 Å². The smallest absolute Gasteiger partial charge is 0.338 e. The zero-order valence-electron chi connectivity index (χ0n) is 22.3. The van der Waals surface area contributed by atoms with Crippen molar-refractivity contribution in [1.29, 1.82) is 0 Å². The van der Waals surface area contributed by atoms with Gasteiger partial charge in [-0.25, -0.2) is 9.79 Å². The van der Waals surface area contributed by atoms with Crippen LogP contribution in [0.3, 0.4) is 0 Å². The monoisotopic (exact) mass is 625 g/mol. The average Bonchev–Trinajstić information content (AvgIpc) is 3.57. The second-order valence-electron chi connectivity index (χ2n) is 9.55. The number of carbonyl (C=O) groups excluding carboxylic acids is 1. The molecule has 216 valence electrons. The number of carbonyl (C=O) groups is 1. The summed E-state index contributed by atoms with van der Waals surface area (Å²) in [5.74, 6) is -0.383. The zero-order chi connectivity index (χ0) is 30.0. The molecule has 1 aliphatic heterocycles. The van der Waals surface area contributed by atoms with Crippen molar-refractivity contribution in [2.75, 3.05) is 7.05 Å². The molecule has 0 unspecified atom stereocenters. The largest absolute Gasteiger partial charge is 0.451 e. The van der Waals surface area contributed by atoms with Gasteiger partial charge in [0.2, 0.25) is 0 Å². The third kappa shape index (κ3) is 5.87. The first-order valence-electron chi connectivity index (χ1n) is 12.9. The van der Waals surface area contributed by atoms with Crippen LogP contribution in [0.5, 0.6) is 0 Å². The normalized spacial score (nSPS) is 21.2. The van der Waals surface area contributed by atoms with Crippen molar-refractivity contribution in [2.45, 2.75) is 30.6 Å². The number of aromatic nitrogens is 1. The third-order valence-electron chi connectivity index (χ3n) is 7.04. The molecule has 1 aliphatic rings. The molecular weight excluding hydrogens is 601 g/mol. The molecule has 2 N–H and O–H groups in total. The van der Waals surface area contributed by atoms with E-state index in [0.717, 1.165) is 11.1 Å². The van der Waals surface area contributed by atoms with E-state index in [-0.39, 0.29) is 21.6 Å². The number of esters is 1. The highest BCUT2D eigenvalue weighted by Gasteiger charge is 2.49. The minimum atomic E-state index is -1.47. The van der Waals surface area contributed by atoms with Crippen molar-refractivity contribution >= 4 is 58.5 Å². The number of hydrogen-bond donors (Lipinski definition) is 2. The second kappa shape index (κ2) is 12.8. The van der Waals surface area contributed by atoms with Gasteiger partial charge in [0.15, 0.2) is 12.3 Å². The van der Waals surface area contributed by atoms with E-state index < -0.39 is 36.6 Å². The SMILES string of the molecule is C=Nc1c(/C(Cl)=N\C)ccn1[C@@H]1O[C@H]([C@H](OC(=O)c2ccc(-c3ccccc3)cc2)c2ccc(Cl)c(Cl)c2)[C@@H](O)[C@H]1O. The van der Waals surface area contributed by atoms with Crippen LogP contribution < -0.4 is 0 Å². The predicted molar refractivity (Wildman–Crippen MR) is 164 cm³/mol. The highest BCUT2D eigenvalue weighted by atomic mass is 35.5. The number of aliphatic hydroxyl groups excluding tert-OH is 2. The minimum Gasteiger partial charge on any atom is -0.451 e. The molecule has 11 heteroatoms. The fourth-order valence-electron chi connectivity index (χ4n) is 4.89. The Morgan fingerprint density at radius 3 is 2.31 bits per heavy atom. The molecule has 2 heterocycles. The minimum absolute atomic E-state index is 0.182. The summed E-state index contributed by atoms with van der Waals surface area (Å²) in [5.41, 5.74) is 3.09. The summed E-state index contributed by atoms with van der Waals surface area (Å²) in [7, 11) is 1.53. The fourth-order valence-corrected chi connectivity index (χ4v) is 5.34. The Hall–Kier alpha value is -3.50. The van der Waals surface area contributed by atoms with Gasteiger partial charge in [0, 0.05) is 13.2 Å². The number of benzene rings is 3. The van der Waals surface area contributed by atoms with E-state index in [0.29, 0.717) is 16.1 Å². The van der Waals surface area contributed by atoms with E-state index in [1.54, 1.807) is 36.5 Å². The van der Waals surface area contributed by atoms with Crippen LogP contribution in [0.2, 0.25) is 10.0 Å². The van der Waals surface area contributed by atoms with Crippen molar-refractivity contribution in [3.05, 3.63) is 112 Å². The van der Waals surface area contributed by atoms with Crippen LogP contribution in [-0.4, -0.2) is 58.0 Å². The maximum atomic E-state index is 13.4. The molecule has 0 saturated carbocycles. The molecule has 1 aromatic heterocycles. The van der Waals surface area contributed by atoms with Gasteiger partial charge in [-0.2, -0.15) is 0 Å². The highest BCUT2D eigenvalue weighted by Crippen LogP contribution is 2.42. The molecular formula is C31H26Cl3N3O5. The number of rotatable bonds is 8. The molecule has 0 spiro atoms. The molecule has 0 amide bonds. The van der Waals surface area contributed by atoms with Crippen LogP contribution in [0.4, 0.5) is 5.82 Å². The average molecular weight is 627 g/mol. The van der Waals surface area contributed by atoms with Crippen molar-refractivity contribution in [2.24, 2.45) is 9.98 Å². The molecule has 8 nitrogen and oxygen atoms in total. The maximum Gasteiger partial charge on any atom is 0.338 e. The van der Waals surface area contributed by atoms with Gasteiger partial charge in [-0.05, 0) is 53.7 Å². The van der Waals surface area contributed by atoms with Gasteiger partial charge in [-0.15, -0.1) is 0 Å². The lowest BCUT2D eigenvalue weighted by atomic mass is 9.98. The first-order valence-corrected chi connectivity index (χ1v) is 14.0. The Labute approximate surface area is 257 Å². The second-order valence-corrected chi connectivity index (χ2v) is 10.7. The number of aliphatic hydroxyl groups is 2. The van der Waals surface area contributed by atoms with Crippen molar-refractivity contribution in [3.8, 4) is 11.1 Å². The fraction of sp³-hybridized carbons (Fsp3) is 0.194. The van der Waals surface area contributed by atoms with E-state index >= 15 is 0 Å². The summed E-state index contributed by atoms with van der Waals surface area (Å²) in [6.45, 7) is 3.59.